The first kappa shape index (κ1) is 21.7. The number of hydrogen-bond donors (Lipinski definition) is 0. The summed E-state index contributed by atoms with van der Waals surface area (Å²) >= 11 is 0. The lowest BCUT2D eigenvalue weighted by molar-refractivity contribution is 0.125. The first-order chi connectivity index (χ1) is 9.30. The summed E-state index contributed by atoms with van der Waals surface area (Å²) in [7, 11) is -3.06. The van der Waals surface area contributed by atoms with Crippen LogP contribution in [-0.4, -0.2) is 55.3 Å². The third-order valence-electron chi connectivity index (χ3n) is 3.04. The van der Waals surface area contributed by atoms with Gasteiger partial charge in [-0.25, -0.2) is 0 Å². The molecule has 0 unspecified atom stereocenters. The van der Waals surface area contributed by atoms with Gasteiger partial charge in [0.15, 0.2) is 16.6 Å². The molecule has 0 N–H and O–H groups in total. The topological polar surface area (TPSA) is 46.2 Å². The van der Waals surface area contributed by atoms with E-state index in [0.29, 0.717) is 0 Å². The molecule has 128 valence electrons. The van der Waals surface area contributed by atoms with Crippen LogP contribution in [0.25, 0.3) is 0 Å². The third kappa shape index (κ3) is 8.76. The van der Waals surface area contributed by atoms with Crippen molar-refractivity contribution in [2.45, 2.75) is 57.9 Å². The van der Waals surface area contributed by atoms with Crippen molar-refractivity contribution >= 4 is 34.0 Å². The molecule has 0 saturated carbocycles. The highest BCUT2D eigenvalue weighted by Gasteiger charge is 2.43. The van der Waals surface area contributed by atoms with E-state index in [-0.39, 0.29) is 0 Å². The molecule has 0 atom stereocenters. The summed E-state index contributed by atoms with van der Waals surface area (Å²) in [6, 6.07) is 1.73. The van der Waals surface area contributed by atoms with E-state index in [4.69, 9.17) is 21.5 Å². The standard InChI is InChI=1S/C12H34O5Si4/c1-13-21(14-2,15-3)12-11-19(7,8)17-20(9,10)16-18(4,5)6/h11-12H2,1-10H3. The van der Waals surface area contributed by atoms with Crippen molar-refractivity contribution in [3.63, 3.8) is 0 Å². The lowest BCUT2D eigenvalue weighted by Gasteiger charge is -2.38. The van der Waals surface area contributed by atoms with Gasteiger partial charge in [0, 0.05) is 27.4 Å². The van der Waals surface area contributed by atoms with E-state index >= 15 is 0 Å². The van der Waals surface area contributed by atoms with E-state index in [9.17, 15) is 0 Å². The Labute approximate surface area is 135 Å². The maximum absolute atomic E-state index is 6.48. The molecule has 0 spiro atoms. The molecule has 0 radical (unpaired) electrons. The summed E-state index contributed by atoms with van der Waals surface area (Å²) in [5, 5.41) is 0. The van der Waals surface area contributed by atoms with Crippen molar-refractivity contribution in [3.05, 3.63) is 0 Å². The van der Waals surface area contributed by atoms with Gasteiger partial charge in [0.05, 0.1) is 0 Å². The Morgan fingerprint density at radius 1 is 0.619 bits per heavy atom. The number of hydrogen-bond acceptors (Lipinski definition) is 5. The van der Waals surface area contributed by atoms with Gasteiger partial charge in [0.2, 0.25) is 0 Å². The predicted octanol–water partition coefficient (Wildman–Crippen LogP) is 3.64. The highest BCUT2D eigenvalue weighted by atomic mass is 28.5. The Morgan fingerprint density at radius 2 is 1.05 bits per heavy atom. The second-order valence-corrected chi connectivity index (χ2v) is 23.0. The molecule has 0 aliphatic carbocycles. The first-order valence-corrected chi connectivity index (χ1v) is 18.6. The zero-order valence-corrected chi connectivity index (χ0v) is 19.5. The van der Waals surface area contributed by atoms with Crippen molar-refractivity contribution in [2.24, 2.45) is 0 Å². The van der Waals surface area contributed by atoms with Crippen molar-refractivity contribution in [1.82, 2.24) is 0 Å². The van der Waals surface area contributed by atoms with Crippen LogP contribution in [0.2, 0.25) is 57.9 Å². The van der Waals surface area contributed by atoms with E-state index in [2.05, 4.69) is 45.8 Å². The van der Waals surface area contributed by atoms with Crippen LogP contribution in [0.4, 0.5) is 0 Å². The summed E-state index contributed by atoms with van der Waals surface area (Å²) in [6.45, 7) is 15.4. The molecule has 0 aromatic carbocycles. The van der Waals surface area contributed by atoms with Crippen LogP contribution >= 0.6 is 0 Å². The van der Waals surface area contributed by atoms with E-state index in [1.54, 1.807) is 21.3 Å². The van der Waals surface area contributed by atoms with Gasteiger partial charge >= 0.3 is 17.4 Å². The van der Waals surface area contributed by atoms with E-state index in [1.165, 1.54) is 0 Å². The average molecular weight is 371 g/mol. The molecule has 0 amide bonds. The van der Waals surface area contributed by atoms with Gasteiger partial charge < -0.3 is 21.5 Å². The molecule has 0 aliphatic rings. The Morgan fingerprint density at radius 3 is 1.38 bits per heavy atom. The van der Waals surface area contributed by atoms with Gasteiger partial charge in [-0.1, -0.05) is 0 Å². The quantitative estimate of drug-likeness (QED) is 0.549. The highest BCUT2D eigenvalue weighted by molar-refractivity contribution is 6.87. The normalized spacial score (nSPS) is 14.6. The minimum absolute atomic E-state index is 0.785. The SMILES string of the molecule is CO[Si](CC[Si](C)(C)O[Si](C)(C)O[Si](C)(C)C)(OC)OC. The Kier molecular flexibility index (Phi) is 8.23. The lowest BCUT2D eigenvalue weighted by Crippen LogP contribution is -2.52. The number of rotatable bonds is 10. The monoisotopic (exact) mass is 370 g/mol. The fourth-order valence-electron chi connectivity index (χ4n) is 2.48. The second kappa shape index (κ2) is 7.97. The molecule has 0 aromatic rings. The smallest absolute Gasteiger partial charge is 0.437 e. The van der Waals surface area contributed by atoms with Gasteiger partial charge in [-0.2, -0.15) is 0 Å². The first-order valence-electron chi connectivity index (χ1n) is 7.36. The summed E-state index contributed by atoms with van der Waals surface area (Å²) in [4.78, 5) is 0. The van der Waals surface area contributed by atoms with Gasteiger partial charge in [-0.05, 0) is 51.9 Å². The molecule has 0 rings (SSSR count). The van der Waals surface area contributed by atoms with Crippen LogP contribution in [0.1, 0.15) is 0 Å². The third-order valence-corrected chi connectivity index (χ3v) is 16.3. The molecule has 0 aliphatic heterocycles. The molecule has 0 heterocycles. The van der Waals surface area contributed by atoms with Crippen LogP contribution in [0.5, 0.6) is 0 Å². The minimum atomic E-state index is -2.51. The fraction of sp³-hybridized carbons (Fsp3) is 1.00. The van der Waals surface area contributed by atoms with Crippen molar-refractivity contribution in [2.75, 3.05) is 21.3 Å². The molecule has 21 heavy (non-hydrogen) atoms. The molecule has 5 nitrogen and oxygen atoms in total. The maximum Gasteiger partial charge on any atom is 0.499 e. The highest BCUT2D eigenvalue weighted by Crippen LogP contribution is 2.27. The van der Waals surface area contributed by atoms with E-state index in [1.807, 2.05) is 0 Å². The van der Waals surface area contributed by atoms with Crippen molar-refractivity contribution in [1.29, 1.82) is 0 Å². The van der Waals surface area contributed by atoms with Crippen molar-refractivity contribution in [3.8, 4) is 0 Å². The van der Waals surface area contributed by atoms with E-state index < -0.39 is 34.0 Å². The molecule has 0 aromatic heterocycles. The van der Waals surface area contributed by atoms with Gasteiger partial charge in [0.25, 0.3) is 0 Å². The van der Waals surface area contributed by atoms with Crippen molar-refractivity contribution < 1.29 is 21.5 Å². The Balaban J connectivity index is 4.69. The van der Waals surface area contributed by atoms with Crippen LogP contribution in [0.15, 0.2) is 0 Å². The van der Waals surface area contributed by atoms with Gasteiger partial charge in [-0.15, -0.1) is 0 Å². The minimum Gasteiger partial charge on any atom is -0.437 e. The van der Waals surface area contributed by atoms with Gasteiger partial charge in [-0.3, -0.25) is 0 Å². The Bertz CT molecular complexity index is 305. The average Bonchev–Trinajstić information content (AvgIpc) is 2.26. The second-order valence-electron chi connectivity index (χ2n) is 7.27. The largest absolute Gasteiger partial charge is 0.499 e. The summed E-state index contributed by atoms with van der Waals surface area (Å²) in [6.07, 6.45) is 0. The van der Waals surface area contributed by atoms with E-state index in [0.717, 1.165) is 12.1 Å². The summed E-state index contributed by atoms with van der Waals surface area (Å²) < 4.78 is 29.2. The maximum atomic E-state index is 6.48. The Hall–Kier alpha value is 0.668. The zero-order chi connectivity index (χ0) is 16.9. The van der Waals surface area contributed by atoms with Gasteiger partial charge in [0.1, 0.15) is 0 Å². The molecular formula is C12H34O5Si4. The fourth-order valence-corrected chi connectivity index (χ4v) is 19.4. The molecular weight excluding hydrogens is 336 g/mol. The molecule has 0 fully saturated rings. The molecule has 9 heteroatoms. The summed E-state index contributed by atoms with van der Waals surface area (Å²) in [5.41, 5.74) is 0. The van der Waals surface area contributed by atoms with Crippen LogP contribution in [-0.2, 0) is 21.5 Å². The molecule has 0 saturated heterocycles. The summed E-state index contributed by atoms with van der Waals surface area (Å²) in [5.74, 6) is 0. The zero-order valence-electron chi connectivity index (χ0n) is 15.5. The predicted molar refractivity (Wildman–Crippen MR) is 96.9 cm³/mol. The van der Waals surface area contributed by atoms with Crippen LogP contribution < -0.4 is 0 Å². The van der Waals surface area contributed by atoms with Crippen LogP contribution in [0.3, 0.4) is 0 Å². The van der Waals surface area contributed by atoms with Crippen LogP contribution in [0, 0.1) is 0 Å². The lowest BCUT2D eigenvalue weighted by atomic mass is 10.9. The molecule has 0 bridgehead atoms.